The van der Waals surface area contributed by atoms with Crippen LogP contribution in [0, 0.1) is 11.8 Å². The highest BCUT2D eigenvalue weighted by Crippen LogP contribution is 2.47. The number of benzene rings is 1. The molecule has 1 amide bonds. The van der Waals surface area contributed by atoms with Gasteiger partial charge in [-0.1, -0.05) is 12.1 Å². The fraction of sp³-hybridized carbons (Fsp3) is 0.571. The van der Waals surface area contributed by atoms with Crippen LogP contribution in [0.15, 0.2) is 36.6 Å². The number of phenols is 1. The molecule has 0 bridgehead atoms. The second-order valence-corrected chi connectivity index (χ2v) is 10.2. The van der Waals surface area contributed by atoms with Crippen molar-refractivity contribution in [3.05, 3.63) is 47.7 Å². The predicted octanol–water partition coefficient (Wildman–Crippen LogP) is -0.115. The zero-order valence-corrected chi connectivity index (χ0v) is 23.1. The van der Waals surface area contributed by atoms with Crippen molar-refractivity contribution in [1.82, 2.24) is 4.90 Å². The third-order valence-electron chi connectivity index (χ3n) is 8.02. The Morgan fingerprint density at radius 2 is 1.88 bits per heavy atom. The van der Waals surface area contributed by atoms with Crippen LogP contribution >= 0.6 is 0 Å². The van der Waals surface area contributed by atoms with Crippen LogP contribution in [-0.4, -0.2) is 107 Å². The summed E-state index contributed by atoms with van der Waals surface area (Å²) in [5, 5.41) is 51.5. The predicted molar refractivity (Wildman–Crippen MR) is 140 cm³/mol. The first kappa shape index (κ1) is 30.8. The molecule has 1 saturated heterocycles. The highest BCUT2D eigenvalue weighted by atomic mass is 16.8. The van der Waals surface area contributed by atoms with Gasteiger partial charge in [0.05, 0.1) is 38.7 Å². The Balaban J connectivity index is 1.71. The molecule has 0 aromatic heterocycles. The third kappa shape index (κ3) is 5.78. The number of methoxy groups -OCH3 is 2. The van der Waals surface area contributed by atoms with Gasteiger partial charge < -0.3 is 54.1 Å². The van der Waals surface area contributed by atoms with E-state index in [1.807, 2.05) is 6.07 Å². The number of fused-ring (bicyclic) bond motifs is 1. The Morgan fingerprint density at radius 1 is 1.15 bits per heavy atom. The molecule has 0 aliphatic carbocycles. The summed E-state index contributed by atoms with van der Waals surface area (Å²) in [6.07, 6.45) is -5.59. The molecule has 5 N–H and O–H groups in total. The van der Waals surface area contributed by atoms with E-state index in [0.717, 1.165) is 5.56 Å². The molecule has 3 aliphatic heterocycles. The summed E-state index contributed by atoms with van der Waals surface area (Å²) in [6.45, 7) is 5.04. The first-order chi connectivity index (χ1) is 19.6. The highest BCUT2D eigenvalue weighted by Gasteiger charge is 2.48. The minimum Gasteiger partial charge on any atom is -0.504 e. The van der Waals surface area contributed by atoms with Crippen molar-refractivity contribution in [2.24, 2.45) is 11.8 Å². The van der Waals surface area contributed by atoms with Gasteiger partial charge in [0.1, 0.15) is 24.4 Å². The van der Waals surface area contributed by atoms with Gasteiger partial charge in [0, 0.05) is 30.9 Å². The first-order valence-electron chi connectivity index (χ1n) is 13.3. The molecule has 1 fully saturated rings. The molecule has 226 valence electrons. The summed E-state index contributed by atoms with van der Waals surface area (Å²) >= 11 is 0. The van der Waals surface area contributed by atoms with Gasteiger partial charge >= 0.3 is 5.97 Å². The molecule has 0 radical (unpaired) electrons. The molecule has 4 rings (SSSR count). The van der Waals surface area contributed by atoms with Crippen molar-refractivity contribution in [1.29, 1.82) is 0 Å². The maximum Gasteiger partial charge on any atom is 0.337 e. The summed E-state index contributed by atoms with van der Waals surface area (Å²) in [4.78, 5) is 27.2. The maximum atomic E-state index is 12.9. The summed E-state index contributed by atoms with van der Waals surface area (Å²) in [6, 6.07) is 2.80. The largest absolute Gasteiger partial charge is 0.504 e. The van der Waals surface area contributed by atoms with Crippen LogP contribution in [0.4, 0.5) is 0 Å². The van der Waals surface area contributed by atoms with E-state index in [9.17, 15) is 35.1 Å². The standard InChI is InChI=1S/C28H37NO12/c1-5-15-16(10-18-21-14(8-9-29(18)13(2)31)6-7-19(37-3)22(21)32)17(26(36)38-4)12-39-27(15)41-28-25(35)24(34)23(33)20(11-30)40-28/h5-7,12,15-16,18,20,23-25,27-28,30,32-35H,1,8-11H2,2-4H3/t15-,16+,18+,20+,23-,24+,25+,27+,28+/m1/s1. The van der Waals surface area contributed by atoms with Gasteiger partial charge in [-0.15, -0.1) is 6.58 Å². The number of ether oxygens (including phenoxy) is 5. The monoisotopic (exact) mass is 579 g/mol. The molecule has 0 spiro atoms. The van der Waals surface area contributed by atoms with Gasteiger partial charge in [-0.25, -0.2) is 4.79 Å². The summed E-state index contributed by atoms with van der Waals surface area (Å²) < 4.78 is 27.4. The second kappa shape index (κ2) is 12.8. The van der Waals surface area contributed by atoms with Crippen LogP contribution in [0.2, 0.25) is 0 Å². The molecule has 9 atom stereocenters. The molecule has 0 unspecified atom stereocenters. The lowest BCUT2D eigenvalue weighted by molar-refractivity contribution is -0.339. The summed E-state index contributed by atoms with van der Waals surface area (Å²) in [5.74, 6) is -2.31. The molecule has 1 aromatic rings. The number of phenolic OH excluding ortho intramolecular Hbond substituents is 1. The van der Waals surface area contributed by atoms with Gasteiger partial charge in [-0.3, -0.25) is 4.79 Å². The molecule has 1 aromatic carbocycles. The molecule has 13 heteroatoms. The summed E-state index contributed by atoms with van der Waals surface area (Å²) in [7, 11) is 2.64. The van der Waals surface area contributed by atoms with Crippen LogP contribution in [-0.2, 0) is 35.0 Å². The Bertz CT molecular complexity index is 1170. The first-order valence-corrected chi connectivity index (χ1v) is 13.3. The van der Waals surface area contributed by atoms with E-state index in [1.54, 1.807) is 11.0 Å². The van der Waals surface area contributed by atoms with E-state index in [0.29, 0.717) is 18.5 Å². The van der Waals surface area contributed by atoms with Crippen molar-refractivity contribution in [3.8, 4) is 11.5 Å². The van der Waals surface area contributed by atoms with E-state index < -0.39 is 67.4 Å². The highest BCUT2D eigenvalue weighted by molar-refractivity contribution is 5.89. The average Bonchev–Trinajstić information content (AvgIpc) is 2.97. The van der Waals surface area contributed by atoms with Crippen molar-refractivity contribution in [2.75, 3.05) is 27.4 Å². The number of hydrogen-bond donors (Lipinski definition) is 5. The van der Waals surface area contributed by atoms with Gasteiger partial charge in [0.15, 0.2) is 17.8 Å². The van der Waals surface area contributed by atoms with Crippen molar-refractivity contribution >= 4 is 11.9 Å². The Hall–Kier alpha value is -3.20. The molecule has 0 saturated carbocycles. The molecule has 41 heavy (non-hydrogen) atoms. The van der Waals surface area contributed by atoms with E-state index in [-0.39, 0.29) is 29.4 Å². The van der Waals surface area contributed by atoms with Gasteiger partial charge in [0.2, 0.25) is 12.2 Å². The Morgan fingerprint density at radius 3 is 2.49 bits per heavy atom. The van der Waals surface area contributed by atoms with E-state index >= 15 is 0 Å². The lowest BCUT2D eigenvalue weighted by atomic mass is 9.76. The number of hydrogen-bond acceptors (Lipinski definition) is 12. The van der Waals surface area contributed by atoms with Crippen LogP contribution < -0.4 is 4.74 Å². The third-order valence-corrected chi connectivity index (χ3v) is 8.02. The number of aromatic hydroxyl groups is 1. The minimum absolute atomic E-state index is 0.110. The lowest BCUT2D eigenvalue weighted by Crippen LogP contribution is -2.60. The zero-order valence-electron chi connectivity index (χ0n) is 23.1. The van der Waals surface area contributed by atoms with Crippen molar-refractivity contribution in [3.63, 3.8) is 0 Å². The molecular formula is C28H37NO12. The number of esters is 1. The maximum absolute atomic E-state index is 12.9. The second-order valence-electron chi connectivity index (χ2n) is 10.2. The van der Waals surface area contributed by atoms with Gasteiger partial charge in [-0.2, -0.15) is 0 Å². The number of nitrogens with zero attached hydrogens (tertiary/aromatic N) is 1. The Labute approximate surface area is 237 Å². The van der Waals surface area contributed by atoms with Crippen LogP contribution in [0.3, 0.4) is 0 Å². The number of rotatable bonds is 8. The quantitative estimate of drug-likeness (QED) is 0.204. The molecule has 13 nitrogen and oxygen atoms in total. The smallest absolute Gasteiger partial charge is 0.337 e. The van der Waals surface area contributed by atoms with Gasteiger partial charge in [-0.05, 0) is 24.5 Å². The zero-order chi connectivity index (χ0) is 30.0. The number of aliphatic hydroxyl groups is 4. The van der Waals surface area contributed by atoms with Crippen LogP contribution in [0.1, 0.15) is 30.5 Å². The van der Waals surface area contributed by atoms with Crippen LogP contribution in [0.5, 0.6) is 11.5 Å². The number of carbonyl (C=O) groups excluding carboxylic acids is 2. The van der Waals surface area contributed by atoms with Gasteiger partial charge in [0.25, 0.3) is 0 Å². The number of aliphatic hydroxyl groups excluding tert-OH is 4. The molecule has 3 heterocycles. The molecule has 3 aliphatic rings. The fourth-order valence-corrected chi connectivity index (χ4v) is 5.83. The normalized spacial score (nSPS) is 33.2. The van der Waals surface area contributed by atoms with Crippen molar-refractivity contribution < 1.29 is 58.8 Å². The SMILES string of the molecule is C=C[C@H]1[C@H](O[C@@H]2O[C@@H](CO)[C@@H](O)[C@H](O)[C@@H]2O)OC=C(C(=O)OC)[C@H]1C[C@H]1c2c(ccc(OC)c2O)CCN1C(C)=O. The number of carbonyl (C=O) groups is 2. The van der Waals surface area contributed by atoms with E-state index in [2.05, 4.69) is 6.58 Å². The van der Waals surface area contributed by atoms with E-state index in [1.165, 1.54) is 33.5 Å². The number of amides is 1. The van der Waals surface area contributed by atoms with Crippen molar-refractivity contribution in [2.45, 2.75) is 62.8 Å². The fourth-order valence-electron chi connectivity index (χ4n) is 5.83. The Kier molecular flexibility index (Phi) is 9.57. The molecular weight excluding hydrogens is 542 g/mol. The lowest BCUT2D eigenvalue weighted by Gasteiger charge is -2.44. The minimum atomic E-state index is -1.69. The van der Waals surface area contributed by atoms with E-state index in [4.69, 9.17) is 23.7 Å². The average molecular weight is 580 g/mol. The topological polar surface area (TPSA) is 185 Å². The summed E-state index contributed by atoms with van der Waals surface area (Å²) in [5.41, 5.74) is 1.45. The van der Waals surface area contributed by atoms with Crippen LogP contribution in [0.25, 0.3) is 0 Å².